The number of benzene rings is 1. The summed E-state index contributed by atoms with van der Waals surface area (Å²) in [5, 5.41) is 4.27. The van der Waals surface area contributed by atoms with Crippen molar-refractivity contribution in [3.05, 3.63) is 56.7 Å². The highest BCUT2D eigenvalue weighted by Gasteiger charge is 2.35. The molecule has 3 rings (SSSR count). The third-order valence-corrected chi connectivity index (χ3v) is 5.23. The molecule has 1 aliphatic rings. The second-order valence-electron chi connectivity index (χ2n) is 5.58. The van der Waals surface area contributed by atoms with Crippen LogP contribution in [0.4, 0.5) is 0 Å². The van der Waals surface area contributed by atoms with Gasteiger partial charge in [-0.25, -0.2) is 0 Å². The number of ketones is 1. The topological polar surface area (TPSA) is 20.3 Å². The minimum atomic E-state index is -0.0708. The summed E-state index contributed by atoms with van der Waals surface area (Å²) in [6.45, 7) is 2.91. The maximum atomic E-state index is 12.7. The van der Waals surface area contributed by atoms with Gasteiger partial charge in [0.15, 0.2) is 5.78 Å². The number of hydrogen-bond donors (Lipinski definition) is 0. The lowest BCUT2D eigenvalue weighted by Gasteiger charge is -2.28. The van der Waals surface area contributed by atoms with Crippen LogP contribution in [0.3, 0.4) is 0 Å². The third-order valence-electron chi connectivity index (χ3n) is 3.97. The standard InChI is InChI=1S/C17H18BrNOS/c1-12(17(20)14-2-4-15(18)5-3-14)19(16-6-7-16)10-13-8-9-21-11-13/h2-5,8-9,11-12,16H,6-7,10H2,1H3. The molecule has 1 heterocycles. The van der Waals surface area contributed by atoms with Gasteiger partial charge in [-0.3, -0.25) is 9.69 Å². The molecule has 0 aliphatic heterocycles. The minimum Gasteiger partial charge on any atom is -0.292 e. The van der Waals surface area contributed by atoms with Crippen molar-refractivity contribution < 1.29 is 4.79 Å². The van der Waals surface area contributed by atoms with E-state index in [0.29, 0.717) is 6.04 Å². The van der Waals surface area contributed by atoms with Crippen LogP contribution in [-0.4, -0.2) is 22.8 Å². The lowest BCUT2D eigenvalue weighted by Crippen LogP contribution is -2.40. The number of hydrogen-bond acceptors (Lipinski definition) is 3. The molecule has 1 aliphatic carbocycles. The molecule has 1 aromatic heterocycles. The molecule has 1 aromatic carbocycles. The first kappa shape index (κ1) is 14.9. The van der Waals surface area contributed by atoms with Crippen LogP contribution >= 0.6 is 27.3 Å². The lowest BCUT2D eigenvalue weighted by atomic mass is 10.0. The molecule has 2 aromatic rings. The van der Waals surface area contributed by atoms with E-state index in [9.17, 15) is 4.79 Å². The fourth-order valence-corrected chi connectivity index (χ4v) is 3.51. The molecule has 0 radical (unpaired) electrons. The maximum Gasteiger partial charge on any atom is 0.179 e. The smallest absolute Gasteiger partial charge is 0.179 e. The van der Waals surface area contributed by atoms with Crippen molar-refractivity contribution in [1.29, 1.82) is 0 Å². The Morgan fingerprint density at radius 2 is 2.05 bits per heavy atom. The number of carbonyl (C=O) groups excluding carboxylic acids is 1. The van der Waals surface area contributed by atoms with Gasteiger partial charge in [-0.15, -0.1) is 0 Å². The summed E-state index contributed by atoms with van der Waals surface area (Å²) in [5.41, 5.74) is 2.10. The van der Waals surface area contributed by atoms with Crippen LogP contribution in [0.25, 0.3) is 0 Å². The Hall–Kier alpha value is -0.970. The molecule has 1 saturated carbocycles. The van der Waals surface area contributed by atoms with E-state index >= 15 is 0 Å². The molecule has 0 spiro atoms. The molecule has 4 heteroatoms. The van der Waals surface area contributed by atoms with Crippen molar-refractivity contribution in [3.8, 4) is 0 Å². The summed E-state index contributed by atoms with van der Waals surface area (Å²) < 4.78 is 1.00. The Bertz CT molecular complexity index is 604. The van der Waals surface area contributed by atoms with Crippen LogP contribution in [0.1, 0.15) is 35.7 Å². The van der Waals surface area contributed by atoms with Gasteiger partial charge >= 0.3 is 0 Å². The van der Waals surface area contributed by atoms with Crippen LogP contribution in [-0.2, 0) is 6.54 Å². The van der Waals surface area contributed by atoms with Crippen molar-refractivity contribution >= 4 is 33.0 Å². The fraction of sp³-hybridized carbons (Fsp3) is 0.353. The van der Waals surface area contributed by atoms with E-state index in [1.807, 2.05) is 31.2 Å². The highest BCUT2D eigenvalue weighted by molar-refractivity contribution is 9.10. The molecule has 0 saturated heterocycles. The average molecular weight is 364 g/mol. The first-order valence-corrected chi connectivity index (χ1v) is 8.95. The van der Waals surface area contributed by atoms with Gasteiger partial charge in [0, 0.05) is 22.6 Å². The highest BCUT2D eigenvalue weighted by Crippen LogP contribution is 2.31. The molecule has 0 amide bonds. The van der Waals surface area contributed by atoms with Crippen LogP contribution in [0.15, 0.2) is 45.6 Å². The zero-order valence-corrected chi connectivity index (χ0v) is 14.4. The van der Waals surface area contributed by atoms with Crippen molar-refractivity contribution in [2.75, 3.05) is 0 Å². The summed E-state index contributed by atoms with van der Waals surface area (Å²) in [4.78, 5) is 15.1. The predicted molar refractivity (Wildman–Crippen MR) is 90.8 cm³/mol. The molecule has 0 N–H and O–H groups in total. The van der Waals surface area contributed by atoms with Gasteiger partial charge in [-0.2, -0.15) is 11.3 Å². The fourth-order valence-electron chi connectivity index (χ4n) is 2.59. The number of thiophene rings is 1. The zero-order valence-electron chi connectivity index (χ0n) is 12.0. The summed E-state index contributed by atoms with van der Waals surface area (Å²) in [7, 11) is 0. The van der Waals surface area contributed by atoms with E-state index in [0.717, 1.165) is 16.6 Å². The third kappa shape index (κ3) is 3.62. The largest absolute Gasteiger partial charge is 0.292 e. The van der Waals surface area contributed by atoms with Gasteiger partial charge in [0.05, 0.1) is 6.04 Å². The molecule has 110 valence electrons. The van der Waals surface area contributed by atoms with E-state index < -0.39 is 0 Å². The Morgan fingerprint density at radius 3 is 2.62 bits per heavy atom. The van der Waals surface area contributed by atoms with Gasteiger partial charge in [0.2, 0.25) is 0 Å². The zero-order chi connectivity index (χ0) is 14.8. The molecule has 2 nitrogen and oxygen atoms in total. The Balaban J connectivity index is 1.75. The van der Waals surface area contributed by atoms with Crippen molar-refractivity contribution in [1.82, 2.24) is 4.90 Å². The van der Waals surface area contributed by atoms with E-state index in [2.05, 4.69) is 37.7 Å². The lowest BCUT2D eigenvalue weighted by molar-refractivity contribution is 0.0815. The monoisotopic (exact) mass is 363 g/mol. The summed E-state index contributed by atoms with van der Waals surface area (Å²) in [6.07, 6.45) is 2.42. The number of halogens is 1. The van der Waals surface area contributed by atoms with Crippen molar-refractivity contribution in [3.63, 3.8) is 0 Å². The molecule has 1 atom stereocenters. The first-order chi connectivity index (χ1) is 10.1. The van der Waals surface area contributed by atoms with E-state index in [-0.39, 0.29) is 11.8 Å². The van der Waals surface area contributed by atoms with Crippen molar-refractivity contribution in [2.45, 2.75) is 38.4 Å². The highest BCUT2D eigenvalue weighted by atomic mass is 79.9. The van der Waals surface area contributed by atoms with Crippen LogP contribution in [0, 0.1) is 0 Å². The normalized spacial score (nSPS) is 16.1. The van der Waals surface area contributed by atoms with Crippen LogP contribution in [0.2, 0.25) is 0 Å². The summed E-state index contributed by atoms with van der Waals surface area (Å²) >= 11 is 5.13. The molecule has 0 bridgehead atoms. The number of Topliss-reactive ketones (excluding diaryl/α,β-unsaturated/α-hetero) is 1. The van der Waals surface area contributed by atoms with Gasteiger partial charge in [-0.05, 0) is 54.3 Å². The molecule has 1 unspecified atom stereocenters. The first-order valence-electron chi connectivity index (χ1n) is 7.22. The van der Waals surface area contributed by atoms with Gasteiger partial charge in [0.1, 0.15) is 0 Å². The molecular formula is C17H18BrNOS. The van der Waals surface area contributed by atoms with Gasteiger partial charge < -0.3 is 0 Å². The van der Waals surface area contributed by atoms with Gasteiger partial charge in [0.25, 0.3) is 0 Å². The Kier molecular flexibility index (Phi) is 4.57. The second kappa shape index (κ2) is 6.42. The average Bonchev–Trinajstić information content (AvgIpc) is 3.20. The predicted octanol–water partition coefficient (Wildman–Crippen LogP) is 4.75. The summed E-state index contributed by atoms with van der Waals surface area (Å²) in [5.74, 6) is 0.213. The quantitative estimate of drug-likeness (QED) is 0.690. The number of nitrogens with zero attached hydrogens (tertiary/aromatic N) is 1. The Labute approximate surface area is 137 Å². The SMILES string of the molecule is CC(C(=O)c1ccc(Br)cc1)N(Cc1ccsc1)C1CC1. The van der Waals surface area contributed by atoms with E-state index in [4.69, 9.17) is 0 Å². The minimum absolute atomic E-state index is 0.0708. The van der Waals surface area contributed by atoms with E-state index in [1.165, 1.54) is 18.4 Å². The molecule has 1 fully saturated rings. The van der Waals surface area contributed by atoms with Crippen LogP contribution in [0.5, 0.6) is 0 Å². The number of carbonyl (C=O) groups is 1. The maximum absolute atomic E-state index is 12.7. The molecule has 21 heavy (non-hydrogen) atoms. The Morgan fingerprint density at radius 1 is 1.33 bits per heavy atom. The van der Waals surface area contributed by atoms with E-state index in [1.54, 1.807) is 11.3 Å². The summed E-state index contributed by atoms with van der Waals surface area (Å²) in [6, 6.07) is 10.3. The van der Waals surface area contributed by atoms with Crippen LogP contribution < -0.4 is 0 Å². The van der Waals surface area contributed by atoms with Gasteiger partial charge in [-0.1, -0.05) is 28.1 Å². The second-order valence-corrected chi connectivity index (χ2v) is 7.28. The molecular weight excluding hydrogens is 346 g/mol. The number of rotatable bonds is 6. The van der Waals surface area contributed by atoms with Crippen molar-refractivity contribution in [2.24, 2.45) is 0 Å².